The van der Waals surface area contributed by atoms with Crippen molar-refractivity contribution in [2.75, 3.05) is 26.0 Å². The molecule has 0 radical (unpaired) electrons. The number of imidazole rings is 1. The van der Waals surface area contributed by atoms with Crippen LogP contribution in [0.4, 0.5) is 10.3 Å². The zero-order valence-corrected chi connectivity index (χ0v) is 12.6. The van der Waals surface area contributed by atoms with Crippen molar-refractivity contribution in [1.29, 1.82) is 0 Å². The van der Waals surface area contributed by atoms with Crippen LogP contribution in [0.15, 0.2) is 18.2 Å². The molecule has 0 amide bonds. The fourth-order valence-corrected chi connectivity index (χ4v) is 2.43. The minimum Gasteiger partial charge on any atom is -0.352 e. The number of anilines is 1. The highest BCUT2D eigenvalue weighted by Gasteiger charge is 2.14. The summed E-state index contributed by atoms with van der Waals surface area (Å²) in [6.45, 7) is 5.35. The number of halogens is 1. The smallest absolute Gasteiger partial charge is 0.201 e. The Morgan fingerprint density at radius 2 is 2.10 bits per heavy atom. The van der Waals surface area contributed by atoms with Gasteiger partial charge in [-0.2, -0.15) is 0 Å². The lowest BCUT2D eigenvalue weighted by Crippen LogP contribution is -2.33. The first-order valence-corrected chi connectivity index (χ1v) is 7.00. The maximum atomic E-state index is 13.2. The first-order chi connectivity index (χ1) is 9.44. The highest BCUT2D eigenvalue weighted by atomic mass is 19.1. The van der Waals surface area contributed by atoms with Crippen molar-refractivity contribution in [3.05, 3.63) is 24.0 Å². The topological polar surface area (TPSA) is 44.0 Å². The standard InChI is InChI=1S/C15H23FN4/c1-10(2)7-12(9-20(3)4)17-15-18-13-6-5-11(16)8-14(13)19-15/h5-6,8,10,12H,7,9H2,1-4H3,(H2,17,18,19). The van der Waals surface area contributed by atoms with Gasteiger partial charge in [-0.1, -0.05) is 13.8 Å². The number of nitrogens with one attached hydrogen (secondary N) is 2. The molecule has 0 saturated heterocycles. The number of rotatable bonds is 6. The van der Waals surface area contributed by atoms with Crippen molar-refractivity contribution in [2.24, 2.45) is 5.92 Å². The molecule has 0 bridgehead atoms. The predicted octanol–water partition coefficient (Wildman–Crippen LogP) is 3.09. The van der Waals surface area contributed by atoms with Crippen LogP contribution in [0.3, 0.4) is 0 Å². The molecule has 1 aromatic heterocycles. The fourth-order valence-electron chi connectivity index (χ4n) is 2.43. The van der Waals surface area contributed by atoms with E-state index in [2.05, 4.69) is 48.1 Å². The summed E-state index contributed by atoms with van der Waals surface area (Å²) in [6.07, 6.45) is 1.06. The molecule has 0 fully saturated rings. The maximum absolute atomic E-state index is 13.2. The van der Waals surface area contributed by atoms with Gasteiger partial charge in [0.2, 0.25) is 5.95 Å². The second-order valence-electron chi connectivity index (χ2n) is 5.98. The van der Waals surface area contributed by atoms with E-state index >= 15 is 0 Å². The average Bonchev–Trinajstić information content (AvgIpc) is 2.68. The Labute approximate surface area is 119 Å². The summed E-state index contributed by atoms with van der Waals surface area (Å²) in [5.74, 6) is 1.06. The molecule has 4 nitrogen and oxygen atoms in total. The largest absolute Gasteiger partial charge is 0.352 e. The van der Waals surface area contributed by atoms with Crippen molar-refractivity contribution in [3.8, 4) is 0 Å². The number of nitrogens with zero attached hydrogens (tertiary/aromatic N) is 2. The lowest BCUT2D eigenvalue weighted by Gasteiger charge is -2.23. The summed E-state index contributed by atoms with van der Waals surface area (Å²) in [4.78, 5) is 9.74. The monoisotopic (exact) mass is 278 g/mol. The highest BCUT2D eigenvalue weighted by molar-refractivity contribution is 5.77. The molecule has 1 heterocycles. The van der Waals surface area contributed by atoms with E-state index in [0.717, 1.165) is 24.0 Å². The van der Waals surface area contributed by atoms with Crippen LogP contribution in [0, 0.1) is 11.7 Å². The summed E-state index contributed by atoms with van der Waals surface area (Å²) >= 11 is 0. The van der Waals surface area contributed by atoms with Crippen LogP contribution in [0.1, 0.15) is 20.3 Å². The molecule has 20 heavy (non-hydrogen) atoms. The third-order valence-electron chi connectivity index (χ3n) is 3.13. The van der Waals surface area contributed by atoms with Crippen molar-refractivity contribution in [3.63, 3.8) is 0 Å². The first-order valence-electron chi connectivity index (χ1n) is 7.00. The summed E-state index contributed by atoms with van der Waals surface area (Å²) < 4.78 is 13.2. The molecule has 2 aromatic rings. The number of benzene rings is 1. The van der Waals surface area contributed by atoms with Crippen LogP contribution in [-0.4, -0.2) is 41.5 Å². The second kappa shape index (κ2) is 6.22. The molecule has 0 aliphatic carbocycles. The third kappa shape index (κ3) is 3.93. The molecule has 0 aliphatic rings. The average molecular weight is 278 g/mol. The van der Waals surface area contributed by atoms with Crippen molar-refractivity contribution in [2.45, 2.75) is 26.3 Å². The molecule has 1 aromatic carbocycles. The van der Waals surface area contributed by atoms with Crippen molar-refractivity contribution in [1.82, 2.24) is 14.9 Å². The predicted molar refractivity (Wildman–Crippen MR) is 81.5 cm³/mol. The van der Waals surface area contributed by atoms with Crippen LogP contribution >= 0.6 is 0 Å². The summed E-state index contributed by atoms with van der Waals surface area (Å²) in [5.41, 5.74) is 1.50. The van der Waals surface area contributed by atoms with E-state index in [4.69, 9.17) is 0 Å². The number of aromatic nitrogens is 2. The Bertz CT molecular complexity index is 552. The van der Waals surface area contributed by atoms with Gasteiger partial charge >= 0.3 is 0 Å². The zero-order valence-electron chi connectivity index (χ0n) is 12.6. The number of likely N-dealkylation sites (N-methyl/N-ethyl adjacent to an activating group) is 1. The van der Waals surface area contributed by atoms with Crippen LogP contribution in [0.5, 0.6) is 0 Å². The molecule has 0 saturated carbocycles. The number of fused-ring (bicyclic) bond motifs is 1. The molecule has 1 atom stereocenters. The number of hydrogen-bond acceptors (Lipinski definition) is 3. The maximum Gasteiger partial charge on any atom is 0.201 e. The summed E-state index contributed by atoms with van der Waals surface area (Å²) in [6, 6.07) is 4.90. The summed E-state index contributed by atoms with van der Waals surface area (Å²) in [5, 5.41) is 3.42. The number of H-pyrrole nitrogens is 1. The van der Waals surface area contributed by atoms with Crippen molar-refractivity contribution < 1.29 is 4.39 Å². The van der Waals surface area contributed by atoms with Gasteiger partial charge in [0.05, 0.1) is 11.0 Å². The van der Waals surface area contributed by atoms with E-state index < -0.39 is 0 Å². The van der Waals surface area contributed by atoms with Crippen LogP contribution < -0.4 is 5.32 Å². The van der Waals surface area contributed by atoms with Gasteiger partial charge in [0.15, 0.2) is 0 Å². The molecule has 2 rings (SSSR count). The van der Waals surface area contributed by atoms with Gasteiger partial charge in [0, 0.05) is 12.6 Å². The Balaban J connectivity index is 2.14. The molecule has 2 N–H and O–H groups in total. The third-order valence-corrected chi connectivity index (χ3v) is 3.13. The van der Waals surface area contributed by atoms with Crippen LogP contribution in [-0.2, 0) is 0 Å². The Morgan fingerprint density at radius 1 is 1.35 bits per heavy atom. The molecular formula is C15H23FN4. The van der Waals surface area contributed by atoms with Gasteiger partial charge in [-0.05, 0) is 44.6 Å². The first kappa shape index (κ1) is 14.8. The lowest BCUT2D eigenvalue weighted by atomic mass is 10.0. The van der Waals surface area contributed by atoms with Crippen LogP contribution in [0.25, 0.3) is 11.0 Å². The van der Waals surface area contributed by atoms with Gasteiger partial charge < -0.3 is 15.2 Å². The minimum atomic E-state index is -0.250. The van der Waals surface area contributed by atoms with E-state index in [9.17, 15) is 4.39 Å². The lowest BCUT2D eigenvalue weighted by molar-refractivity contribution is 0.355. The number of aromatic amines is 1. The SMILES string of the molecule is CC(C)CC(CN(C)C)Nc1nc2ccc(F)cc2[nH]1. The Kier molecular flexibility index (Phi) is 4.60. The second-order valence-corrected chi connectivity index (χ2v) is 5.98. The molecule has 5 heteroatoms. The molecule has 110 valence electrons. The Hall–Kier alpha value is -1.62. The Morgan fingerprint density at radius 3 is 2.75 bits per heavy atom. The van der Waals surface area contributed by atoms with E-state index in [0.29, 0.717) is 17.9 Å². The summed E-state index contributed by atoms with van der Waals surface area (Å²) in [7, 11) is 4.12. The molecule has 0 spiro atoms. The van der Waals surface area contributed by atoms with Crippen LogP contribution in [0.2, 0.25) is 0 Å². The van der Waals surface area contributed by atoms with Gasteiger partial charge in [-0.15, -0.1) is 0 Å². The molecular weight excluding hydrogens is 255 g/mol. The minimum absolute atomic E-state index is 0.250. The normalized spacial score (nSPS) is 13.3. The van der Waals surface area contributed by atoms with E-state index in [1.165, 1.54) is 12.1 Å². The van der Waals surface area contributed by atoms with Gasteiger partial charge in [-0.3, -0.25) is 0 Å². The van der Waals surface area contributed by atoms with E-state index in [-0.39, 0.29) is 5.82 Å². The fraction of sp³-hybridized carbons (Fsp3) is 0.533. The van der Waals surface area contributed by atoms with E-state index in [1.807, 2.05) is 0 Å². The zero-order chi connectivity index (χ0) is 14.7. The van der Waals surface area contributed by atoms with Gasteiger partial charge in [0.1, 0.15) is 5.82 Å². The van der Waals surface area contributed by atoms with Gasteiger partial charge in [-0.25, -0.2) is 9.37 Å². The van der Waals surface area contributed by atoms with E-state index in [1.54, 1.807) is 6.07 Å². The molecule has 0 aliphatic heterocycles. The van der Waals surface area contributed by atoms with Crippen molar-refractivity contribution >= 4 is 17.0 Å². The highest BCUT2D eigenvalue weighted by Crippen LogP contribution is 2.17. The van der Waals surface area contributed by atoms with Gasteiger partial charge in [0.25, 0.3) is 0 Å². The molecule has 1 unspecified atom stereocenters. The quantitative estimate of drug-likeness (QED) is 0.853. The number of hydrogen-bond donors (Lipinski definition) is 2.